The molecule has 1 amide bonds. The number of aryl methyl sites for hydroxylation is 1. The first-order valence-electron chi connectivity index (χ1n) is 8.81. The van der Waals surface area contributed by atoms with Crippen LogP contribution < -0.4 is 10.0 Å². The van der Waals surface area contributed by atoms with Crippen LogP contribution in [0, 0.1) is 23.4 Å². The number of amides is 1. The second-order valence-electron chi connectivity index (χ2n) is 6.99. The number of rotatable bonds is 8. The molecule has 0 bridgehead atoms. The Kier molecular flexibility index (Phi) is 7.29. The quantitative estimate of drug-likeness (QED) is 0.485. The lowest BCUT2D eigenvalue weighted by molar-refractivity contribution is 0.0650. The average molecular weight is 449 g/mol. The van der Waals surface area contributed by atoms with Gasteiger partial charge in [-0.05, 0) is 18.1 Å². The van der Waals surface area contributed by atoms with E-state index in [0.29, 0.717) is 6.07 Å². The number of hydrogen-bond acceptors (Lipinski definition) is 5. The van der Waals surface area contributed by atoms with Gasteiger partial charge in [-0.3, -0.25) is 4.79 Å². The van der Waals surface area contributed by atoms with Crippen molar-refractivity contribution < 1.29 is 36.6 Å². The monoisotopic (exact) mass is 449 g/mol. The highest BCUT2D eigenvalue weighted by Gasteiger charge is 2.32. The lowest BCUT2D eigenvalue weighted by Gasteiger charge is -2.24. The third kappa shape index (κ3) is 5.01. The predicted octanol–water partition coefficient (Wildman–Crippen LogP) is 1.35. The van der Waals surface area contributed by atoms with Gasteiger partial charge in [0.15, 0.2) is 17.5 Å². The van der Waals surface area contributed by atoms with Crippen LogP contribution in [0.25, 0.3) is 0 Å². The number of nitrogens with zero attached hydrogens (tertiary/aromatic N) is 1. The van der Waals surface area contributed by atoms with Gasteiger partial charge in [0, 0.05) is 25.0 Å². The molecule has 2 rings (SSSR count). The molecule has 30 heavy (non-hydrogen) atoms. The number of sulfonamides is 1. The summed E-state index contributed by atoms with van der Waals surface area (Å²) in [6, 6.07) is 1.21. The highest BCUT2D eigenvalue weighted by molar-refractivity contribution is 7.89. The topological polar surface area (TPSA) is 121 Å². The van der Waals surface area contributed by atoms with Crippen molar-refractivity contribution in [3.8, 4) is 0 Å². The number of hydrogen-bond donors (Lipinski definition) is 4. The van der Waals surface area contributed by atoms with Crippen LogP contribution in [0.15, 0.2) is 29.3 Å². The van der Waals surface area contributed by atoms with E-state index in [0.717, 1.165) is 22.9 Å². The summed E-state index contributed by atoms with van der Waals surface area (Å²) in [6.45, 7) is 2.47. The van der Waals surface area contributed by atoms with Crippen LogP contribution in [0.5, 0.6) is 0 Å². The smallest absolute Gasteiger partial charge is 0.275 e. The maximum atomic E-state index is 14.8. The number of aliphatic hydroxyl groups is 2. The Labute approximate surface area is 171 Å². The summed E-state index contributed by atoms with van der Waals surface area (Å²) in [5.41, 5.74) is -0.840. The zero-order chi connectivity index (χ0) is 22.8. The standard InChI is InChI=1S/C18H22F3N3O5S/c1-9(2)17(26)13(8-25)23-30(28,29)14-7-24(3)16(15(14)21)18(27)22-10-4-5-11(19)12(20)6-10/h4-7,9,13,17,23,25-26H,8H2,1-3H3,(H,22,27). The van der Waals surface area contributed by atoms with Gasteiger partial charge in [-0.1, -0.05) is 13.8 Å². The van der Waals surface area contributed by atoms with Crippen LogP contribution in [-0.4, -0.2) is 47.9 Å². The summed E-state index contributed by atoms with van der Waals surface area (Å²) in [5, 5.41) is 21.5. The van der Waals surface area contributed by atoms with Crippen molar-refractivity contribution in [1.82, 2.24) is 9.29 Å². The molecular weight excluding hydrogens is 427 g/mol. The zero-order valence-electron chi connectivity index (χ0n) is 16.4. The highest BCUT2D eigenvalue weighted by atomic mass is 32.2. The number of carbonyl (C=O) groups excluding carboxylic acids is 1. The molecule has 2 aromatic rings. The fourth-order valence-electron chi connectivity index (χ4n) is 2.72. The molecule has 0 aliphatic rings. The summed E-state index contributed by atoms with van der Waals surface area (Å²) in [6.07, 6.45) is -0.402. The van der Waals surface area contributed by atoms with Gasteiger partial charge in [-0.2, -0.15) is 0 Å². The number of halogens is 3. The maximum Gasteiger partial charge on any atom is 0.275 e. The molecule has 0 fully saturated rings. The van der Waals surface area contributed by atoms with Gasteiger partial charge in [-0.15, -0.1) is 0 Å². The number of nitrogens with one attached hydrogen (secondary N) is 2. The van der Waals surface area contributed by atoms with Crippen molar-refractivity contribution in [3.63, 3.8) is 0 Å². The Bertz CT molecular complexity index is 1040. The van der Waals surface area contributed by atoms with Gasteiger partial charge in [0.2, 0.25) is 10.0 Å². The van der Waals surface area contributed by atoms with Crippen LogP contribution in [0.1, 0.15) is 24.3 Å². The first-order chi connectivity index (χ1) is 13.9. The molecule has 0 spiro atoms. The first-order valence-corrected chi connectivity index (χ1v) is 10.3. The van der Waals surface area contributed by atoms with Gasteiger partial charge in [-0.25, -0.2) is 26.3 Å². The molecule has 12 heteroatoms. The highest BCUT2D eigenvalue weighted by Crippen LogP contribution is 2.23. The summed E-state index contributed by atoms with van der Waals surface area (Å²) in [5.74, 6) is -5.25. The summed E-state index contributed by atoms with van der Waals surface area (Å²) >= 11 is 0. The minimum Gasteiger partial charge on any atom is -0.395 e. The van der Waals surface area contributed by atoms with Crippen LogP contribution in [0.4, 0.5) is 18.9 Å². The normalized spacial score (nSPS) is 14.0. The molecule has 166 valence electrons. The van der Waals surface area contributed by atoms with Crippen LogP contribution in [-0.2, 0) is 17.1 Å². The Morgan fingerprint density at radius 3 is 2.37 bits per heavy atom. The van der Waals surface area contributed by atoms with E-state index in [9.17, 15) is 36.6 Å². The lowest BCUT2D eigenvalue weighted by atomic mass is 10.0. The molecule has 8 nitrogen and oxygen atoms in total. The lowest BCUT2D eigenvalue weighted by Crippen LogP contribution is -2.47. The largest absolute Gasteiger partial charge is 0.395 e. The fourth-order valence-corrected chi connectivity index (χ4v) is 4.09. The Morgan fingerprint density at radius 1 is 1.20 bits per heavy atom. The molecule has 0 saturated carbocycles. The number of benzene rings is 1. The van der Waals surface area contributed by atoms with E-state index in [4.69, 9.17) is 0 Å². The SMILES string of the molecule is CC(C)C(O)C(CO)NS(=O)(=O)c1cn(C)c(C(=O)Nc2ccc(F)c(F)c2)c1F. The summed E-state index contributed by atoms with van der Waals surface area (Å²) in [7, 11) is -3.34. The second-order valence-corrected chi connectivity index (χ2v) is 8.68. The number of aromatic nitrogens is 1. The second kappa shape index (κ2) is 9.16. The van der Waals surface area contributed by atoms with E-state index in [1.165, 1.54) is 7.05 Å². The van der Waals surface area contributed by atoms with Gasteiger partial charge in [0.1, 0.15) is 10.6 Å². The van der Waals surface area contributed by atoms with E-state index in [1.807, 2.05) is 4.72 Å². The number of carbonyl (C=O) groups is 1. The van der Waals surface area contributed by atoms with E-state index in [1.54, 1.807) is 13.8 Å². The zero-order valence-corrected chi connectivity index (χ0v) is 17.2. The maximum absolute atomic E-state index is 14.8. The van der Waals surface area contributed by atoms with Crippen LogP contribution in [0.2, 0.25) is 0 Å². The van der Waals surface area contributed by atoms with E-state index in [2.05, 4.69) is 5.32 Å². The average Bonchev–Trinajstić information content (AvgIpc) is 2.97. The molecule has 1 heterocycles. The van der Waals surface area contributed by atoms with E-state index in [-0.39, 0.29) is 5.69 Å². The molecule has 0 aliphatic carbocycles. The number of aliphatic hydroxyl groups excluding tert-OH is 2. The fraction of sp³-hybridized carbons (Fsp3) is 0.389. The molecule has 0 saturated heterocycles. The van der Waals surface area contributed by atoms with Crippen LogP contribution >= 0.6 is 0 Å². The van der Waals surface area contributed by atoms with Gasteiger partial charge >= 0.3 is 0 Å². The molecule has 0 radical (unpaired) electrons. The molecule has 1 aromatic carbocycles. The Morgan fingerprint density at radius 2 is 1.83 bits per heavy atom. The first kappa shape index (κ1) is 23.9. The van der Waals surface area contributed by atoms with Gasteiger partial charge in [0.05, 0.1) is 18.8 Å². The van der Waals surface area contributed by atoms with E-state index >= 15 is 0 Å². The Balaban J connectivity index is 2.33. The molecular formula is C18H22F3N3O5S. The minimum absolute atomic E-state index is 0.164. The van der Waals surface area contributed by atoms with Crippen molar-refractivity contribution in [3.05, 3.63) is 47.5 Å². The predicted molar refractivity (Wildman–Crippen MR) is 102 cm³/mol. The van der Waals surface area contributed by atoms with Crippen molar-refractivity contribution in [2.24, 2.45) is 13.0 Å². The van der Waals surface area contributed by atoms with E-state index < -0.39 is 68.6 Å². The molecule has 0 aliphatic heterocycles. The van der Waals surface area contributed by atoms with Gasteiger partial charge in [0.25, 0.3) is 5.91 Å². The molecule has 4 N–H and O–H groups in total. The van der Waals surface area contributed by atoms with Crippen molar-refractivity contribution in [2.45, 2.75) is 30.9 Å². The molecule has 2 unspecified atom stereocenters. The van der Waals surface area contributed by atoms with Gasteiger partial charge < -0.3 is 20.1 Å². The number of anilines is 1. The summed E-state index contributed by atoms with van der Waals surface area (Å²) < 4.78 is 69.2. The summed E-state index contributed by atoms with van der Waals surface area (Å²) in [4.78, 5) is 11.5. The molecule has 2 atom stereocenters. The minimum atomic E-state index is -4.56. The van der Waals surface area contributed by atoms with Crippen molar-refractivity contribution >= 4 is 21.6 Å². The van der Waals surface area contributed by atoms with Crippen LogP contribution in [0.3, 0.4) is 0 Å². The third-order valence-electron chi connectivity index (χ3n) is 4.37. The van der Waals surface area contributed by atoms with Crippen molar-refractivity contribution in [1.29, 1.82) is 0 Å². The van der Waals surface area contributed by atoms with Crippen molar-refractivity contribution in [2.75, 3.05) is 11.9 Å². The molecule has 1 aromatic heterocycles. The Hall–Kier alpha value is -2.41. The third-order valence-corrected chi connectivity index (χ3v) is 5.85.